The number of hydrogen-bond acceptors (Lipinski definition) is 4. The Kier molecular flexibility index (Phi) is 4.52. The van der Waals surface area contributed by atoms with Crippen LogP contribution >= 0.6 is 0 Å². The van der Waals surface area contributed by atoms with Crippen LogP contribution in [0.25, 0.3) is 0 Å². The number of hydrogen-bond donors (Lipinski definition) is 3. The SMILES string of the molecule is CC(=O)NCC(=O)N[C@H](c1ccc2c(c1)CCO2)C1CC(O)C1. The van der Waals surface area contributed by atoms with Crippen LogP contribution < -0.4 is 15.4 Å². The third kappa shape index (κ3) is 3.64. The fourth-order valence-electron chi connectivity index (χ4n) is 3.20. The zero-order valence-corrected chi connectivity index (χ0v) is 13.2. The first-order chi connectivity index (χ1) is 11.0. The lowest BCUT2D eigenvalue weighted by Crippen LogP contribution is -2.44. The molecule has 0 saturated heterocycles. The predicted octanol–water partition coefficient (Wildman–Crippen LogP) is 0.686. The average molecular weight is 318 g/mol. The van der Waals surface area contributed by atoms with Crippen LogP contribution in [0.2, 0.25) is 0 Å². The monoisotopic (exact) mass is 318 g/mol. The molecule has 0 unspecified atom stereocenters. The van der Waals surface area contributed by atoms with Crippen molar-refractivity contribution >= 4 is 11.8 Å². The van der Waals surface area contributed by atoms with Gasteiger partial charge in [-0.2, -0.15) is 0 Å². The Balaban J connectivity index is 1.73. The Morgan fingerprint density at radius 1 is 1.39 bits per heavy atom. The largest absolute Gasteiger partial charge is 0.493 e. The molecular formula is C17H22N2O4. The first kappa shape index (κ1) is 15.8. The molecule has 2 aliphatic rings. The van der Waals surface area contributed by atoms with E-state index in [4.69, 9.17) is 4.74 Å². The fourth-order valence-corrected chi connectivity index (χ4v) is 3.20. The van der Waals surface area contributed by atoms with E-state index in [9.17, 15) is 14.7 Å². The lowest BCUT2D eigenvalue weighted by atomic mass is 9.75. The van der Waals surface area contributed by atoms with E-state index in [1.54, 1.807) is 0 Å². The molecule has 0 aromatic heterocycles. The summed E-state index contributed by atoms with van der Waals surface area (Å²) in [5.41, 5.74) is 2.19. The van der Waals surface area contributed by atoms with Crippen molar-refractivity contribution in [3.8, 4) is 5.75 Å². The second kappa shape index (κ2) is 6.58. The van der Waals surface area contributed by atoms with Gasteiger partial charge in [-0.3, -0.25) is 9.59 Å². The van der Waals surface area contributed by atoms with Crippen LogP contribution in [-0.4, -0.2) is 36.2 Å². The maximum Gasteiger partial charge on any atom is 0.239 e. The molecule has 1 heterocycles. The minimum Gasteiger partial charge on any atom is -0.493 e. The molecule has 124 valence electrons. The quantitative estimate of drug-likeness (QED) is 0.745. The van der Waals surface area contributed by atoms with Crippen LogP contribution in [0.4, 0.5) is 0 Å². The molecule has 1 aliphatic carbocycles. The number of amides is 2. The molecule has 23 heavy (non-hydrogen) atoms. The van der Waals surface area contributed by atoms with Crippen molar-refractivity contribution in [1.29, 1.82) is 0 Å². The van der Waals surface area contributed by atoms with E-state index >= 15 is 0 Å². The van der Waals surface area contributed by atoms with E-state index in [-0.39, 0.29) is 36.4 Å². The second-order valence-electron chi connectivity index (χ2n) is 6.31. The van der Waals surface area contributed by atoms with Gasteiger partial charge < -0.3 is 20.5 Å². The summed E-state index contributed by atoms with van der Waals surface area (Å²) in [5.74, 6) is 0.672. The summed E-state index contributed by atoms with van der Waals surface area (Å²) in [6.07, 6.45) is 1.95. The van der Waals surface area contributed by atoms with E-state index in [1.807, 2.05) is 12.1 Å². The molecule has 3 rings (SSSR count). The van der Waals surface area contributed by atoms with E-state index in [1.165, 1.54) is 6.92 Å². The summed E-state index contributed by atoms with van der Waals surface area (Å²) < 4.78 is 5.52. The topological polar surface area (TPSA) is 87.7 Å². The zero-order valence-electron chi connectivity index (χ0n) is 13.2. The third-order valence-electron chi connectivity index (χ3n) is 4.51. The maximum absolute atomic E-state index is 12.1. The predicted molar refractivity (Wildman–Crippen MR) is 83.9 cm³/mol. The number of carbonyl (C=O) groups is 2. The molecule has 1 aliphatic heterocycles. The minimum atomic E-state index is -0.285. The number of benzene rings is 1. The van der Waals surface area contributed by atoms with E-state index in [0.29, 0.717) is 19.4 Å². The number of aliphatic hydroxyl groups excluding tert-OH is 1. The molecule has 1 atom stereocenters. The summed E-state index contributed by atoms with van der Waals surface area (Å²) >= 11 is 0. The van der Waals surface area contributed by atoms with Crippen molar-refractivity contribution in [3.05, 3.63) is 29.3 Å². The molecule has 1 aromatic carbocycles. The first-order valence-electron chi connectivity index (χ1n) is 8.00. The Morgan fingerprint density at radius 2 is 2.17 bits per heavy atom. The Morgan fingerprint density at radius 3 is 2.87 bits per heavy atom. The first-order valence-corrected chi connectivity index (χ1v) is 8.00. The highest BCUT2D eigenvalue weighted by Crippen LogP contribution is 2.39. The maximum atomic E-state index is 12.1. The van der Waals surface area contributed by atoms with Crippen molar-refractivity contribution in [1.82, 2.24) is 10.6 Å². The van der Waals surface area contributed by atoms with Crippen molar-refractivity contribution in [3.63, 3.8) is 0 Å². The van der Waals surface area contributed by atoms with Crippen LogP contribution in [0.15, 0.2) is 18.2 Å². The number of aliphatic hydroxyl groups is 1. The van der Waals surface area contributed by atoms with Crippen molar-refractivity contribution in [2.45, 2.75) is 38.3 Å². The second-order valence-corrected chi connectivity index (χ2v) is 6.31. The molecule has 0 radical (unpaired) electrons. The summed E-state index contributed by atoms with van der Waals surface area (Å²) in [4.78, 5) is 23.0. The summed E-state index contributed by atoms with van der Waals surface area (Å²) in [6, 6.07) is 5.85. The van der Waals surface area contributed by atoms with E-state index < -0.39 is 0 Å². The lowest BCUT2D eigenvalue weighted by molar-refractivity contribution is -0.126. The molecule has 6 nitrogen and oxygen atoms in total. The molecule has 1 saturated carbocycles. The number of rotatable bonds is 5. The van der Waals surface area contributed by atoms with Crippen LogP contribution in [0, 0.1) is 5.92 Å². The number of ether oxygens (including phenoxy) is 1. The standard InChI is InChI=1S/C17H22N2O4/c1-10(20)18-9-16(22)19-17(13-7-14(21)8-13)12-2-3-15-11(6-12)4-5-23-15/h2-3,6,13-14,17,21H,4-5,7-9H2,1H3,(H,18,20)(H,19,22)/t13?,14?,17-/m1/s1. The van der Waals surface area contributed by atoms with Gasteiger partial charge in [0, 0.05) is 13.3 Å². The van der Waals surface area contributed by atoms with Gasteiger partial charge in [0.1, 0.15) is 5.75 Å². The highest BCUT2D eigenvalue weighted by Gasteiger charge is 2.36. The van der Waals surface area contributed by atoms with Crippen LogP contribution in [-0.2, 0) is 16.0 Å². The molecule has 1 fully saturated rings. The van der Waals surface area contributed by atoms with Gasteiger partial charge in [0.05, 0.1) is 25.3 Å². The smallest absolute Gasteiger partial charge is 0.239 e. The van der Waals surface area contributed by atoms with Crippen molar-refractivity contribution < 1.29 is 19.4 Å². The number of nitrogens with one attached hydrogen (secondary N) is 2. The number of carbonyl (C=O) groups excluding carboxylic acids is 2. The molecule has 2 amide bonds. The molecular weight excluding hydrogens is 296 g/mol. The van der Waals surface area contributed by atoms with Crippen molar-refractivity contribution in [2.75, 3.05) is 13.2 Å². The molecule has 0 spiro atoms. The number of fused-ring (bicyclic) bond motifs is 1. The summed E-state index contributed by atoms with van der Waals surface area (Å²) in [6.45, 7) is 2.04. The Bertz CT molecular complexity index is 611. The minimum absolute atomic E-state index is 0.0326. The van der Waals surface area contributed by atoms with Gasteiger partial charge in [-0.1, -0.05) is 6.07 Å². The molecule has 3 N–H and O–H groups in total. The summed E-state index contributed by atoms with van der Waals surface area (Å²) in [7, 11) is 0. The van der Waals surface area contributed by atoms with Crippen LogP contribution in [0.5, 0.6) is 5.75 Å². The highest BCUT2D eigenvalue weighted by atomic mass is 16.5. The lowest BCUT2D eigenvalue weighted by Gasteiger charge is -2.38. The van der Waals surface area contributed by atoms with E-state index in [0.717, 1.165) is 23.3 Å². The Labute approximate surface area is 135 Å². The van der Waals surface area contributed by atoms with Crippen LogP contribution in [0.3, 0.4) is 0 Å². The molecule has 0 bridgehead atoms. The van der Waals surface area contributed by atoms with Crippen molar-refractivity contribution in [2.24, 2.45) is 5.92 Å². The fraction of sp³-hybridized carbons (Fsp3) is 0.529. The zero-order chi connectivity index (χ0) is 16.4. The normalized spacial score (nSPS) is 23.2. The van der Waals surface area contributed by atoms with Gasteiger partial charge >= 0.3 is 0 Å². The Hall–Kier alpha value is -2.08. The van der Waals surface area contributed by atoms with E-state index in [2.05, 4.69) is 16.7 Å². The van der Waals surface area contributed by atoms with Gasteiger partial charge in [-0.25, -0.2) is 0 Å². The summed E-state index contributed by atoms with van der Waals surface area (Å²) in [5, 5.41) is 15.1. The molecule has 1 aromatic rings. The van der Waals surface area contributed by atoms with Gasteiger partial charge in [0.25, 0.3) is 0 Å². The van der Waals surface area contributed by atoms with Gasteiger partial charge in [-0.05, 0) is 42.0 Å². The third-order valence-corrected chi connectivity index (χ3v) is 4.51. The van der Waals surface area contributed by atoms with Crippen LogP contribution in [0.1, 0.15) is 36.9 Å². The molecule has 6 heteroatoms. The average Bonchev–Trinajstić information content (AvgIpc) is 2.95. The van der Waals surface area contributed by atoms with Gasteiger partial charge in [0.15, 0.2) is 0 Å². The van der Waals surface area contributed by atoms with Gasteiger partial charge in [-0.15, -0.1) is 0 Å². The van der Waals surface area contributed by atoms with Gasteiger partial charge in [0.2, 0.25) is 11.8 Å². The highest BCUT2D eigenvalue weighted by molar-refractivity contribution is 5.83.